The van der Waals surface area contributed by atoms with Crippen molar-refractivity contribution in [2.75, 3.05) is 5.32 Å². The number of nitrogens with one attached hydrogen (secondary N) is 1. The van der Waals surface area contributed by atoms with Gasteiger partial charge < -0.3 is 9.84 Å². The van der Waals surface area contributed by atoms with Crippen molar-refractivity contribution in [1.82, 2.24) is 14.6 Å². The second-order valence-electron chi connectivity index (χ2n) is 7.20. The Labute approximate surface area is 160 Å². The van der Waals surface area contributed by atoms with Crippen LogP contribution >= 0.6 is 0 Å². The first-order valence-electron chi connectivity index (χ1n) is 8.44. The number of anilines is 1. The molecular weight excluding hydrogens is 367 g/mol. The zero-order chi connectivity index (χ0) is 20.6. The molecule has 2 N–H and O–H groups in total. The lowest BCUT2D eigenvalue weighted by Gasteiger charge is -2.18. The Hall–Kier alpha value is -3.49. The van der Waals surface area contributed by atoms with Crippen molar-refractivity contribution in [2.45, 2.75) is 33.3 Å². The smallest absolute Gasteiger partial charge is 0.414 e. The maximum Gasteiger partial charge on any atom is 0.414 e. The van der Waals surface area contributed by atoms with E-state index in [1.54, 1.807) is 39.0 Å². The number of aromatic carboxylic acids is 1. The van der Waals surface area contributed by atoms with Gasteiger partial charge in [-0.2, -0.15) is 4.98 Å². The number of amides is 1. The molecule has 0 unspecified atom stereocenters. The molecule has 0 atom stereocenters. The lowest BCUT2D eigenvalue weighted by Crippen LogP contribution is -2.27. The highest BCUT2D eigenvalue weighted by molar-refractivity contribution is 5.92. The zero-order valence-corrected chi connectivity index (χ0v) is 15.8. The van der Waals surface area contributed by atoms with Gasteiger partial charge in [-0.25, -0.2) is 18.5 Å². The molecule has 0 aliphatic carbocycles. The second kappa shape index (κ2) is 6.91. The van der Waals surface area contributed by atoms with E-state index in [9.17, 15) is 19.1 Å². The fourth-order valence-electron chi connectivity index (χ4n) is 2.66. The quantitative estimate of drug-likeness (QED) is 0.707. The largest absolute Gasteiger partial charge is 0.478 e. The predicted octanol–water partition coefficient (Wildman–Crippen LogP) is 3.89. The second-order valence-corrected chi connectivity index (χ2v) is 7.20. The van der Waals surface area contributed by atoms with Gasteiger partial charge in [-0.15, -0.1) is 5.10 Å². The topological polar surface area (TPSA) is 106 Å². The molecule has 0 fully saturated rings. The molecule has 0 aliphatic heterocycles. The SMILES string of the molecule is Cc1ccc(-c2ccn3nc(NC(=O)OC(C)(C)C)nc3c2)c(F)c1C(=O)O. The summed E-state index contributed by atoms with van der Waals surface area (Å²) < 4.78 is 21.3. The van der Waals surface area contributed by atoms with Gasteiger partial charge in [0.25, 0.3) is 5.95 Å². The number of fused-ring (bicyclic) bond motifs is 1. The van der Waals surface area contributed by atoms with Crippen molar-refractivity contribution in [3.8, 4) is 11.1 Å². The van der Waals surface area contributed by atoms with Gasteiger partial charge >= 0.3 is 12.1 Å². The number of nitrogens with zero attached hydrogens (tertiary/aromatic N) is 3. The Bertz CT molecular complexity index is 1090. The average Bonchev–Trinajstić information content (AvgIpc) is 2.93. The predicted molar refractivity (Wildman–Crippen MR) is 99.9 cm³/mol. The molecule has 8 nitrogen and oxygen atoms in total. The third-order valence-electron chi connectivity index (χ3n) is 3.83. The number of hydrogen-bond donors (Lipinski definition) is 2. The number of aryl methyl sites for hydroxylation is 1. The molecule has 0 spiro atoms. The van der Waals surface area contributed by atoms with Crippen LogP contribution in [-0.4, -0.2) is 37.4 Å². The van der Waals surface area contributed by atoms with Gasteiger partial charge in [-0.05, 0) is 51.0 Å². The van der Waals surface area contributed by atoms with E-state index >= 15 is 0 Å². The van der Waals surface area contributed by atoms with E-state index in [1.807, 2.05) is 0 Å². The van der Waals surface area contributed by atoms with Gasteiger partial charge in [0.15, 0.2) is 5.65 Å². The van der Waals surface area contributed by atoms with Crippen LogP contribution in [0.5, 0.6) is 0 Å². The summed E-state index contributed by atoms with van der Waals surface area (Å²) >= 11 is 0. The molecule has 146 valence electrons. The first-order valence-corrected chi connectivity index (χ1v) is 8.44. The zero-order valence-electron chi connectivity index (χ0n) is 15.8. The van der Waals surface area contributed by atoms with Crippen LogP contribution < -0.4 is 5.32 Å². The number of carbonyl (C=O) groups excluding carboxylic acids is 1. The summed E-state index contributed by atoms with van der Waals surface area (Å²) in [6.07, 6.45) is 0.844. The van der Waals surface area contributed by atoms with Crippen LogP contribution in [0, 0.1) is 12.7 Å². The maximum absolute atomic E-state index is 14.7. The van der Waals surface area contributed by atoms with Crippen molar-refractivity contribution in [3.63, 3.8) is 0 Å². The summed E-state index contributed by atoms with van der Waals surface area (Å²) in [6, 6.07) is 6.19. The summed E-state index contributed by atoms with van der Waals surface area (Å²) in [6.45, 7) is 6.74. The fraction of sp³-hybridized carbons (Fsp3) is 0.263. The number of pyridine rings is 1. The Kier molecular flexibility index (Phi) is 4.76. The molecule has 0 saturated carbocycles. The number of hydrogen-bond acceptors (Lipinski definition) is 5. The minimum atomic E-state index is -1.33. The Balaban J connectivity index is 1.95. The lowest BCUT2D eigenvalue weighted by molar-refractivity contribution is 0.0632. The third kappa shape index (κ3) is 3.93. The van der Waals surface area contributed by atoms with E-state index in [2.05, 4.69) is 15.4 Å². The van der Waals surface area contributed by atoms with Gasteiger partial charge in [0.2, 0.25) is 0 Å². The minimum Gasteiger partial charge on any atom is -0.478 e. The van der Waals surface area contributed by atoms with Gasteiger partial charge in [0.05, 0.1) is 5.56 Å². The average molecular weight is 386 g/mol. The number of carboxylic acid groups (broad SMARTS) is 1. The number of halogens is 1. The van der Waals surface area contributed by atoms with Gasteiger partial charge in [-0.3, -0.25) is 5.32 Å². The third-order valence-corrected chi connectivity index (χ3v) is 3.83. The molecule has 0 bridgehead atoms. The first-order chi connectivity index (χ1) is 13.0. The van der Waals surface area contributed by atoms with Crippen LogP contribution in [0.2, 0.25) is 0 Å². The highest BCUT2D eigenvalue weighted by Crippen LogP contribution is 2.28. The number of ether oxygens (including phenoxy) is 1. The summed E-state index contributed by atoms with van der Waals surface area (Å²) in [5.41, 5.74) is 0.216. The molecule has 0 saturated heterocycles. The molecule has 2 heterocycles. The number of carbonyl (C=O) groups is 2. The van der Waals surface area contributed by atoms with Crippen molar-refractivity contribution < 1.29 is 23.8 Å². The summed E-state index contributed by atoms with van der Waals surface area (Å²) in [4.78, 5) is 27.3. The highest BCUT2D eigenvalue weighted by Gasteiger charge is 2.20. The molecule has 1 amide bonds. The normalized spacial score (nSPS) is 11.5. The van der Waals surface area contributed by atoms with Crippen LogP contribution in [0.1, 0.15) is 36.7 Å². The number of rotatable bonds is 3. The van der Waals surface area contributed by atoms with E-state index < -0.39 is 23.5 Å². The molecule has 2 aromatic heterocycles. The molecule has 3 aromatic rings. The van der Waals surface area contributed by atoms with Gasteiger partial charge in [0.1, 0.15) is 11.4 Å². The van der Waals surface area contributed by atoms with E-state index in [-0.39, 0.29) is 17.1 Å². The maximum atomic E-state index is 14.7. The minimum absolute atomic E-state index is 0.0296. The number of carboxylic acids is 1. The van der Waals surface area contributed by atoms with Crippen LogP contribution in [-0.2, 0) is 4.74 Å². The molecule has 3 rings (SSSR count). The molecule has 0 radical (unpaired) electrons. The van der Waals surface area contributed by atoms with Crippen molar-refractivity contribution >= 4 is 23.7 Å². The standard InChI is InChI=1S/C19H19FN4O4/c1-10-5-6-12(15(20)14(10)16(25)26)11-7-8-24-13(9-11)21-17(23-24)22-18(27)28-19(2,3)4/h5-9H,1-4H3,(H,25,26)(H,22,23,27). The van der Waals surface area contributed by atoms with Gasteiger partial charge in [0, 0.05) is 11.8 Å². The summed E-state index contributed by atoms with van der Waals surface area (Å²) in [5.74, 6) is -2.12. The lowest BCUT2D eigenvalue weighted by atomic mass is 9.99. The number of aromatic nitrogens is 3. The molecule has 9 heteroatoms. The number of benzene rings is 1. The van der Waals surface area contributed by atoms with Crippen molar-refractivity contribution in [3.05, 3.63) is 47.4 Å². The van der Waals surface area contributed by atoms with E-state index in [4.69, 9.17) is 4.74 Å². The Morgan fingerprint density at radius 3 is 2.61 bits per heavy atom. The molecule has 1 aromatic carbocycles. The summed E-state index contributed by atoms with van der Waals surface area (Å²) in [5, 5.41) is 15.8. The summed E-state index contributed by atoms with van der Waals surface area (Å²) in [7, 11) is 0. The Morgan fingerprint density at radius 1 is 1.25 bits per heavy atom. The van der Waals surface area contributed by atoms with Crippen LogP contribution in [0.3, 0.4) is 0 Å². The first kappa shape index (κ1) is 19.3. The van der Waals surface area contributed by atoms with E-state index in [0.29, 0.717) is 16.8 Å². The molecular formula is C19H19FN4O4. The van der Waals surface area contributed by atoms with Crippen molar-refractivity contribution in [1.29, 1.82) is 0 Å². The highest BCUT2D eigenvalue weighted by atomic mass is 19.1. The monoisotopic (exact) mass is 386 g/mol. The van der Waals surface area contributed by atoms with E-state index in [0.717, 1.165) is 0 Å². The Morgan fingerprint density at radius 2 is 1.96 bits per heavy atom. The van der Waals surface area contributed by atoms with Crippen LogP contribution in [0.4, 0.5) is 15.1 Å². The van der Waals surface area contributed by atoms with Gasteiger partial charge in [-0.1, -0.05) is 12.1 Å². The van der Waals surface area contributed by atoms with Crippen LogP contribution in [0.15, 0.2) is 30.5 Å². The van der Waals surface area contributed by atoms with Crippen molar-refractivity contribution in [2.24, 2.45) is 0 Å². The van der Waals surface area contributed by atoms with E-state index in [1.165, 1.54) is 23.7 Å². The molecule has 28 heavy (non-hydrogen) atoms. The molecule has 0 aliphatic rings. The fourth-order valence-corrected chi connectivity index (χ4v) is 2.66. The van der Waals surface area contributed by atoms with Crippen LogP contribution in [0.25, 0.3) is 16.8 Å².